The Morgan fingerprint density at radius 2 is 2.25 bits per heavy atom. The molecule has 0 spiro atoms. The molecule has 0 unspecified atom stereocenters. The van der Waals surface area contributed by atoms with E-state index >= 15 is 0 Å². The largest absolute Gasteiger partial charge is 0.306 e. The average molecular weight is 250 g/mol. The zero-order chi connectivity index (χ0) is 11.1. The van der Waals surface area contributed by atoms with E-state index in [2.05, 4.69) is 15.3 Å². The maximum atomic E-state index is 11.8. The van der Waals surface area contributed by atoms with Crippen LogP contribution >= 0.6 is 23.1 Å². The highest BCUT2D eigenvalue weighted by Gasteiger charge is 2.18. The average Bonchev–Trinajstić information content (AvgIpc) is 2.85. The van der Waals surface area contributed by atoms with Crippen molar-refractivity contribution in [2.75, 3.05) is 0 Å². The molecule has 5 heteroatoms. The van der Waals surface area contributed by atoms with Crippen LogP contribution in [0.4, 0.5) is 0 Å². The normalized spacial score (nSPS) is 14.1. The predicted molar refractivity (Wildman–Crippen MR) is 67.9 cm³/mol. The van der Waals surface area contributed by atoms with Crippen molar-refractivity contribution in [2.24, 2.45) is 0 Å². The summed E-state index contributed by atoms with van der Waals surface area (Å²) >= 11 is 3.38. The lowest BCUT2D eigenvalue weighted by atomic mass is 10.2. The van der Waals surface area contributed by atoms with Crippen LogP contribution in [0.5, 0.6) is 0 Å². The summed E-state index contributed by atoms with van der Waals surface area (Å²) in [5.41, 5.74) is 4.03. The van der Waals surface area contributed by atoms with E-state index in [4.69, 9.17) is 0 Å². The van der Waals surface area contributed by atoms with Gasteiger partial charge in [0.1, 0.15) is 5.82 Å². The molecule has 0 atom stereocenters. The highest BCUT2D eigenvalue weighted by atomic mass is 32.2. The number of rotatable bonds is 1. The van der Waals surface area contributed by atoms with Gasteiger partial charge in [-0.1, -0.05) is 0 Å². The fourth-order valence-corrected chi connectivity index (χ4v) is 3.66. The zero-order valence-corrected chi connectivity index (χ0v) is 10.4. The molecule has 16 heavy (non-hydrogen) atoms. The summed E-state index contributed by atoms with van der Waals surface area (Å²) in [6.07, 6.45) is 0. The number of nitrogens with one attached hydrogen (secondary N) is 1. The van der Waals surface area contributed by atoms with Gasteiger partial charge in [0.05, 0.1) is 5.69 Å². The number of thioether (sulfide) groups is 1. The van der Waals surface area contributed by atoms with E-state index in [0.29, 0.717) is 5.82 Å². The third-order valence-corrected chi connectivity index (χ3v) is 4.53. The second-order valence-electron chi connectivity index (χ2n) is 3.80. The van der Waals surface area contributed by atoms with Gasteiger partial charge >= 0.3 is 0 Å². The molecule has 3 rings (SSSR count). The van der Waals surface area contributed by atoms with Gasteiger partial charge in [-0.3, -0.25) is 4.79 Å². The molecule has 82 valence electrons. The van der Waals surface area contributed by atoms with Crippen molar-refractivity contribution >= 4 is 23.1 Å². The number of aromatic nitrogens is 2. The van der Waals surface area contributed by atoms with Crippen molar-refractivity contribution in [1.82, 2.24) is 9.97 Å². The highest BCUT2D eigenvalue weighted by molar-refractivity contribution is 7.98. The minimum Gasteiger partial charge on any atom is -0.306 e. The van der Waals surface area contributed by atoms with E-state index in [0.717, 1.165) is 28.3 Å². The predicted octanol–water partition coefficient (Wildman–Crippen LogP) is 2.55. The molecule has 3 nitrogen and oxygen atoms in total. The van der Waals surface area contributed by atoms with Crippen molar-refractivity contribution in [3.8, 4) is 11.4 Å². The van der Waals surface area contributed by atoms with Crippen LogP contribution in [0.25, 0.3) is 11.4 Å². The van der Waals surface area contributed by atoms with Crippen LogP contribution in [0.15, 0.2) is 15.6 Å². The Balaban J connectivity index is 2.21. The van der Waals surface area contributed by atoms with Crippen LogP contribution in [0.3, 0.4) is 0 Å². The van der Waals surface area contributed by atoms with Crippen LogP contribution in [-0.4, -0.2) is 9.97 Å². The monoisotopic (exact) mass is 250 g/mol. The summed E-state index contributed by atoms with van der Waals surface area (Å²) in [4.78, 5) is 19.3. The lowest BCUT2D eigenvalue weighted by Crippen LogP contribution is -2.15. The molecule has 1 N–H and O–H groups in total. The minimum atomic E-state index is 0.0237. The molecule has 0 aliphatic carbocycles. The maximum absolute atomic E-state index is 11.8. The van der Waals surface area contributed by atoms with E-state index < -0.39 is 0 Å². The number of fused-ring (bicyclic) bond motifs is 1. The Labute approximate surface area is 101 Å². The van der Waals surface area contributed by atoms with Crippen LogP contribution < -0.4 is 5.56 Å². The van der Waals surface area contributed by atoms with Gasteiger partial charge in [0.15, 0.2) is 0 Å². The third-order valence-electron chi connectivity index (χ3n) is 2.70. The van der Waals surface area contributed by atoms with Crippen LogP contribution in [0, 0.1) is 6.92 Å². The molecule has 1 aliphatic heterocycles. The van der Waals surface area contributed by atoms with Crippen LogP contribution in [0.2, 0.25) is 0 Å². The van der Waals surface area contributed by atoms with Crippen molar-refractivity contribution in [3.63, 3.8) is 0 Å². The lowest BCUT2D eigenvalue weighted by molar-refractivity contribution is 1.03. The van der Waals surface area contributed by atoms with Gasteiger partial charge in [0, 0.05) is 28.0 Å². The maximum Gasteiger partial charge on any atom is 0.255 e. The van der Waals surface area contributed by atoms with Crippen LogP contribution in [0.1, 0.15) is 16.8 Å². The van der Waals surface area contributed by atoms with Gasteiger partial charge in [-0.2, -0.15) is 23.1 Å². The first-order valence-electron chi connectivity index (χ1n) is 4.98. The molecule has 0 fully saturated rings. The molecule has 0 bridgehead atoms. The van der Waals surface area contributed by atoms with E-state index in [9.17, 15) is 4.79 Å². The number of hydrogen-bond acceptors (Lipinski definition) is 4. The number of aromatic amines is 1. The number of hydrogen-bond donors (Lipinski definition) is 1. The van der Waals surface area contributed by atoms with Gasteiger partial charge < -0.3 is 4.98 Å². The molecular weight excluding hydrogens is 240 g/mol. The molecule has 2 aromatic heterocycles. The molecule has 0 saturated carbocycles. The Morgan fingerprint density at radius 3 is 3.00 bits per heavy atom. The zero-order valence-electron chi connectivity index (χ0n) is 8.74. The fraction of sp³-hybridized carbons (Fsp3) is 0.273. The second kappa shape index (κ2) is 3.75. The van der Waals surface area contributed by atoms with Crippen molar-refractivity contribution in [2.45, 2.75) is 18.4 Å². The van der Waals surface area contributed by atoms with E-state index in [1.54, 1.807) is 23.1 Å². The first-order valence-corrected chi connectivity index (χ1v) is 7.08. The first kappa shape index (κ1) is 10.1. The van der Waals surface area contributed by atoms with Gasteiger partial charge in [-0.25, -0.2) is 4.98 Å². The van der Waals surface area contributed by atoms with E-state index in [1.807, 2.05) is 12.3 Å². The molecule has 2 aromatic rings. The summed E-state index contributed by atoms with van der Waals surface area (Å²) in [5, 5.41) is 4.10. The van der Waals surface area contributed by atoms with E-state index in [1.165, 1.54) is 5.56 Å². The van der Waals surface area contributed by atoms with Gasteiger partial charge in [-0.05, 0) is 17.9 Å². The molecular formula is C11H10N2OS2. The van der Waals surface area contributed by atoms with Crippen molar-refractivity contribution < 1.29 is 0 Å². The Morgan fingerprint density at radius 1 is 1.38 bits per heavy atom. The molecule has 0 aromatic carbocycles. The topological polar surface area (TPSA) is 45.8 Å². The first-order chi connectivity index (χ1) is 7.75. The Bertz CT molecular complexity index is 600. The number of aryl methyl sites for hydroxylation is 1. The molecule has 1 aliphatic rings. The quantitative estimate of drug-likeness (QED) is 0.846. The van der Waals surface area contributed by atoms with Crippen molar-refractivity contribution in [3.05, 3.63) is 37.9 Å². The summed E-state index contributed by atoms with van der Waals surface area (Å²) in [5.74, 6) is 2.36. The second-order valence-corrected chi connectivity index (χ2v) is 5.53. The summed E-state index contributed by atoms with van der Waals surface area (Å²) in [6.45, 7) is 2.04. The molecule has 0 amide bonds. The third kappa shape index (κ3) is 1.51. The molecule has 3 heterocycles. The standard InChI is InChI=1S/C11H10N2OS2/c1-6-2-15-3-7(6)10-12-9-5-16-4-8(9)11(14)13-10/h2-3H,4-5H2,1H3,(H,12,13,14). The Kier molecular flexibility index (Phi) is 2.37. The smallest absolute Gasteiger partial charge is 0.255 e. The van der Waals surface area contributed by atoms with E-state index in [-0.39, 0.29) is 5.56 Å². The minimum absolute atomic E-state index is 0.0237. The van der Waals surface area contributed by atoms with Crippen LogP contribution in [-0.2, 0) is 11.5 Å². The van der Waals surface area contributed by atoms with Gasteiger partial charge in [-0.15, -0.1) is 0 Å². The Hall–Kier alpha value is -1.07. The summed E-state index contributed by atoms with van der Waals surface area (Å²) in [6, 6.07) is 0. The number of nitrogens with zero attached hydrogens (tertiary/aromatic N) is 1. The summed E-state index contributed by atoms with van der Waals surface area (Å²) < 4.78 is 0. The number of thiophene rings is 1. The lowest BCUT2D eigenvalue weighted by Gasteiger charge is -2.02. The molecule has 0 radical (unpaired) electrons. The van der Waals surface area contributed by atoms with Gasteiger partial charge in [0.25, 0.3) is 5.56 Å². The fourth-order valence-electron chi connectivity index (χ4n) is 1.79. The number of H-pyrrole nitrogens is 1. The molecule has 0 saturated heterocycles. The highest BCUT2D eigenvalue weighted by Crippen LogP contribution is 2.28. The summed E-state index contributed by atoms with van der Waals surface area (Å²) in [7, 11) is 0. The van der Waals surface area contributed by atoms with Gasteiger partial charge in [0.2, 0.25) is 0 Å². The SMILES string of the molecule is Cc1cscc1-c1nc2c(c(=O)[nH]1)CSC2. The van der Waals surface area contributed by atoms with Crippen molar-refractivity contribution in [1.29, 1.82) is 0 Å².